The van der Waals surface area contributed by atoms with E-state index >= 15 is 0 Å². The molecule has 0 bridgehead atoms. The molecule has 0 unspecified atom stereocenters. The van der Waals surface area contributed by atoms with Crippen LogP contribution in [0.5, 0.6) is 0 Å². The van der Waals surface area contributed by atoms with Crippen molar-refractivity contribution in [3.05, 3.63) is 52.7 Å². The zero-order chi connectivity index (χ0) is 16.2. The van der Waals surface area contributed by atoms with Crippen LogP contribution in [0.2, 0.25) is 0 Å². The molecule has 1 heterocycles. The molecule has 2 aromatic rings. The van der Waals surface area contributed by atoms with Gasteiger partial charge in [0, 0.05) is 11.4 Å². The van der Waals surface area contributed by atoms with Crippen molar-refractivity contribution in [2.24, 2.45) is 0 Å². The van der Waals surface area contributed by atoms with Crippen LogP contribution in [0.25, 0.3) is 0 Å². The first-order chi connectivity index (χ1) is 11.2. The third-order valence-corrected chi connectivity index (χ3v) is 4.89. The summed E-state index contributed by atoms with van der Waals surface area (Å²) < 4.78 is 0. The van der Waals surface area contributed by atoms with E-state index in [0.717, 1.165) is 36.2 Å². The molecule has 3 rings (SSSR count). The topological polar surface area (TPSA) is 65.8 Å². The fraction of sp³-hybridized carbons (Fsp3) is 0.278. The molecule has 1 aromatic carbocycles. The van der Waals surface area contributed by atoms with Crippen LogP contribution in [-0.4, -0.2) is 16.6 Å². The standard InChI is InChI=1S/C18H17N3OS/c1-12-5-2-3-7-15(12)20-17(22)11-23-18-14(10-19)9-13-6-4-8-16(13)21-18/h2-3,5,7,9H,4,6,8,11H2,1H3,(H,20,22). The van der Waals surface area contributed by atoms with Crippen molar-refractivity contribution in [3.63, 3.8) is 0 Å². The summed E-state index contributed by atoms with van der Waals surface area (Å²) in [5.41, 5.74) is 4.67. The molecule has 1 aliphatic carbocycles. The highest BCUT2D eigenvalue weighted by Gasteiger charge is 2.17. The van der Waals surface area contributed by atoms with Gasteiger partial charge in [-0.3, -0.25) is 4.79 Å². The lowest BCUT2D eigenvalue weighted by Gasteiger charge is -2.09. The fourth-order valence-electron chi connectivity index (χ4n) is 2.68. The average molecular weight is 323 g/mol. The molecule has 23 heavy (non-hydrogen) atoms. The second kappa shape index (κ2) is 6.84. The Kier molecular flexibility index (Phi) is 4.63. The zero-order valence-corrected chi connectivity index (χ0v) is 13.7. The second-order valence-corrected chi connectivity index (χ2v) is 6.53. The Morgan fingerprint density at radius 3 is 3.00 bits per heavy atom. The number of rotatable bonds is 4. The Morgan fingerprint density at radius 2 is 2.22 bits per heavy atom. The zero-order valence-electron chi connectivity index (χ0n) is 12.9. The molecule has 1 amide bonds. The smallest absolute Gasteiger partial charge is 0.234 e. The van der Waals surface area contributed by atoms with Gasteiger partial charge in [0.1, 0.15) is 11.1 Å². The number of aryl methyl sites for hydroxylation is 3. The van der Waals surface area contributed by atoms with Gasteiger partial charge in [0.25, 0.3) is 0 Å². The van der Waals surface area contributed by atoms with E-state index < -0.39 is 0 Å². The van der Waals surface area contributed by atoms with Crippen molar-refractivity contribution in [2.75, 3.05) is 11.1 Å². The number of aromatic nitrogens is 1. The number of benzene rings is 1. The lowest BCUT2D eigenvalue weighted by Crippen LogP contribution is -2.15. The molecule has 5 heteroatoms. The highest BCUT2D eigenvalue weighted by Crippen LogP contribution is 2.28. The summed E-state index contributed by atoms with van der Waals surface area (Å²) in [6, 6.07) is 11.8. The second-order valence-electron chi connectivity index (χ2n) is 5.56. The Labute approximate surface area is 139 Å². The number of nitrogens with one attached hydrogen (secondary N) is 1. The van der Waals surface area contributed by atoms with Crippen LogP contribution in [0.15, 0.2) is 35.4 Å². The normalized spacial score (nSPS) is 12.5. The van der Waals surface area contributed by atoms with Gasteiger partial charge in [-0.2, -0.15) is 5.26 Å². The molecule has 0 aliphatic heterocycles. The minimum absolute atomic E-state index is 0.0875. The van der Waals surface area contributed by atoms with Crippen LogP contribution in [0.4, 0.5) is 5.69 Å². The van der Waals surface area contributed by atoms with Gasteiger partial charge in [0.2, 0.25) is 5.91 Å². The van der Waals surface area contributed by atoms with E-state index in [2.05, 4.69) is 16.4 Å². The first kappa shape index (κ1) is 15.6. The maximum atomic E-state index is 12.1. The first-order valence-electron chi connectivity index (χ1n) is 7.58. The molecule has 1 N–H and O–H groups in total. The number of hydrogen-bond donors (Lipinski definition) is 1. The molecule has 0 fully saturated rings. The van der Waals surface area contributed by atoms with Gasteiger partial charge in [0.15, 0.2) is 0 Å². The number of fused-ring (bicyclic) bond motifs is 1. The lowest BCUT2D eigenvalue weighted by atomic mass is 10.2. The predicted molar refractivity (Wildman–Crippen MR) is 91.5 cm³/mol. The number of para-hydroxylation sites is 1. The van der Waals surface area contributed by atoms with Gasteiger partial charge < -0.3 is 5.32 Å². The van der Waals surface area contributed by atoms with E-state index in [4.69, 9.17) is 0 Å². The summed E-state index contributed by atoms with van der Waals surface area (Å²) >= 11 is 1.33. The van der Waals surface area contributed by atoms with Crippen LogP contribution in [-0.2, 0) is 17.6 Å². The van der Waals surface area contributed by atoms with Gasteiger partial charge in [-0.05, 0) is 49.4 Å². The minimum atomic E-state index is -0.0875. The summed E-state index contributed by atoms with van der Waals surface area (Å²) in [6.07, 6.45) is 3.05. The Hall–Kier alpha value is -2.32. The number of hydrogen-bond acceptors (Lipinski definition) is 4. The Bertz CT molecular complexity index is 795. The predicted octanol–water partition coefficient (Wildman–Crippen LogP) is 3.48. The summed E-state index contributed by atoms with van der Waals surface area (Å²) in [6.45, 7) is 1.96. The van der Waals surface area contributed by atoms with Crippen LogP contribution in [0, 0.1) is 18.3 Å². The molecule has 0 saturated carbocycles. The number of thioether (sulfide) groups is 1. The van der Waals surface area contributed by atoms with E-state index in [-0.39, 0.29) is 11.7 Å². The molecule has 0 atom stereocenters. The van der Waals surface area contributed by atoms with Crippen LogP contribution in [0.1, 0.15) is 28.8 Å². The highest BCUT2D eigenvalue weighted by atomic mass is 32.2. The van der Waals surface area contributed by atoms with E-state index in [9.17, 15) is 10.1 Å². The Morgan fingerprint density at radius 1 is 1.39 bits per heavy atom. The minimum Gasteiger partial charge on any atom is -0.325 e. The van der Waals surface area contributed by atoms with E-state index in [1.807, 2.05) is 37.3 Å². The maximum Gasteiger partial charge on any atom is 0.234 e. The van der Waals surface area contributed by atoms with Crippen molar-refractivity contribution in [1.29, 1.82) is 5.26 Å². The summed E-state index contributed by atoms with van der Waals surface area (Å²) in [5, 5.41) is 12.8. The maximum absolute atomic E-state index is 12.1. The van der Waals surface area contributed by atoms with Gasteiger partial charge in [-0.25, -0.2) is 4.98 Å². The van der Waals surface area contributed by atoms with Crippen LogP contribution < -0.4 is 5.32 Å². The fourth-order valence-corrected chi connectivity index (χ4v) is 3.45. The lowest BCUT2D eigenvalue weighted by molar-refractivity contribution is -0.113. The summed E-state index contributed by atoms with van der Waals surface area (Å²) in [5.74, 6) is 0.157. The Balaban J connectivity index is 1.68. The SMILES string of the molecule is Cc1ccccc1NC(=O)CSc1nc2c(cc1C#N)CCC2. The molecule has 1 aromatic heterocycles. The van der Waals surface area contributed by atoms with E-state index in [0.29, 0.717) is 10.6 Å². The molecule has 0 radical (unpaired) electrons. The van der Waals surface area contributed by atoms with E-state index in [1.54, 1.807) is 0 Å². The van der Waals surface area contributed by atoms with Gasteiger partial charge >= 0.3 is 0 Å². The van der Waals surface area contributed by atoms with Crippen molar-refractivity contribution in [1.82, 2.24) is 4.98 Å². The quantitative estimate of drug-likeness (QED) is 0.875. The third kappa shape index (κ3) is 3.54. The summed E-state index contributed by atoms with van der Waals surface area (Å²) in [7, 11) is 0. The van der Waals surface area contributed by atoms with Crippen LogP contribution in [0.3, 0.4) is 0 Å². The largest absolute Gasteiger partial charge is 0.325 e. The number of carbonyl (C=O) groups excluding carboxylic acids is 1. The van der Waals surface area contributed by atoms with Gasteiger partial charge in [0.05, 0.1) is 11.3 Å². The van der Waals surface area contributed by atoms with Gasteiger partial charge in [-0.1, -0.05) is 30.0 Å². The van der Waals surface area contributed by atoms with Crippen molar-refractivity contribution < 1.29 is 4.79 Å². The molecule has 4 nitrogen and oxygen atoms in total. The molecular formula is C18H17N3OS. The first-order valence-corrected chi connectivity index (χ1v) is 8.57. The van der Waals surface area contributed by atoms with E-state index in [1.165, 1.54) is 17.3 Å². The van der Waals surface area contributed by atoms with Crippen molar-refractivity contribution in [3.8, 4) is 6.07 Å². The molecule has 116 valence electrons. The van der Waals surface area contributed by atoms with Crippen molar-refractivity contribution in [2.45, 2.75) is 31.2 Å². The average Bonchev–Trinajstić information content (AvgIpc) is 3.01. The summed E-state index contributed by atoms with van der Waals surface area (Å²) in [4.78, 5) is 16.7. The number of anilines is 1. The molecule has 0 saturated heterocycles. The third-order valence-electron chi connectivity index (χ3n) is 3.90. The molecular weight excluding hydrogens is 306 g/mol. The monoisotopic (exact) mass is 323 g/mol. The molecule has 1 aliphatic rings. The van der Waals surface area contributed by atoms with Crippen molar-refractivity contribution >= 4 is 23.4 Å². The molecule has 0 spiro atoms. The number of pyridine rings is 1. The number of amides is 1. The van der Waals surface area contributed by atoms with Crippen LogP contribution >= 0.6 is 11.8 Å². The van der Waals surface area contributed by atoms with Gasteiger partial charge in [-0.15, -0.1) is 0 Å². The highest BCUT2D eigenvalue weighted by molar-refractivity contribution is 8.00. The number of carbonyl (C=O) groups is 1. The number of nitriles is 1. The number of nitrogens with zero attached hydrogens (tertiary/aromatic N) is 2.